The summed E-state index contributed by atoms with van der Waals surface area (Å²) in [5, 5.41) is 14.3. The number of carbonyl (C=O) groups is 3. The Morgan fingerprint density at radius 1 is 1.08 bits per heavy atom. The first-order valence-electron chi connectivity index (χ1n) is 11.9. The molecule has 36 heavy (non-hydrogen) atoms. The highest BCUT2D eigenvalue weighted by Crippen LogP contribution is 2.30. The Morgan fingerprint density at radius 2 is 1.81 bits per heavy atom. The lowest BCUT2D eigenvalue weighted by atomic mass is 9.97. The fourth-order valence-electron chi connectivity index (χ4n) is 3.97. The van der Waals surface area contributed by atoms with E-state index in [4.69, 9.17) is 4.74 Å². The zero-order valence-corrected chi connectivity index (χ0v) is 20.7. The van der Waals surface area contributed by atoms with Crippen molar-refractivity contribution in [1.29, 1.82) is 0 Å². The molecule has 0 aliphatic rings. The zero-order valence-electron chi connectivity index (χ0n) is 20.7. The Labute approximate surface area is 210 Å². The average Bonchev–Trinajstić information content (AvgIpc) is 3.42. The maximum atomic E-state index is 13.2. The van der Waals surface area contributed by atoms with Crippen molar-refractivity contribution < 1.29 is 23.9 Å². The highest BCUT2D eigenvalue weighted by Gasteiger charge is 2.33. The van der Waals surface area contributed by atoms with E-state index in [-0.39, 0.29) is 24.8 Å². The van der Waals surface area contributed by atoms with Crippen LogP contribution in [-0.4, -0.2) is 56.7 Å². The Hall–Kier alpha value is -4.08. The third-order valence-electron chi connectivity index (χ3n) is 5.74. The molecule has 2 aromatic carbocycles. The Morgan fingerprint density at radius 3 is 2.42 bits per heavy atom. The van der Waals surface area contributed by atoms with E-state index < -0.39 is 18.8 Å². The molecule has 3 rings (SSSR count). The number of hydrogen-bond acceptors (Lipinski definition) is 8. The molecule has 0 radical (unpaired) electrons. The molecule has 1 heterocycles. The molecule has 0 saturated carbocycles. The summed E-state index contributed by atoms with van der Waals surface area (Å²) in [6.45, 7) is 5.67. The quantitative estimate of drug-likeness (QED) is 0.165. The molecule has 0 unspecified atom stereocenters. The van der Waals surface area contributed by atoms with Crippen LogP contribution in [0, 0.1) is 5.92 Å². The summed E-state index contributed by atoms with van der Waals surface area (Å²) in [6.07, 6.45) is 1.90. The molecule has 1 aromatic heterocycles. The van der Waals surface area contributed by atoms with Crippen LogP contribution in [0.1, 0.15) is 45.6 Å². The zero-order chi connectivity index (χ0) is 25.9. The van der Waals surface area contributed by atoms with E-state index in [1.807, 2.05) is 69.3 Å². The lowest BCUT2D eigenvalue weighted by Crippen LogP contribution is -2.48. The topological polar surface area (TPSA) is 127 Å². The number of ether oxygens (including phenoxy) is 2. The highest BCUT2D eigenvalue weighted by atomic mass is 16.7. The van der Waals surface area contributed by atoms with Gasteiger partial charge < -0.3 is 14.4 Å². The molecule has 10 heteroatoms. The Balaban J connectivity index is 1.86. The summed E-state index contributed by atoms with van der Waals surface area (Å²) in [6, 6.07) is 14.7. The molecule has 0 aliphatic carbocycles. The number of unbranched alkanes of at least 4 members (excludes halogenated alkanes) is 1. The second kappa shape index (κ2) is 13.1. The van der Waals surface area contributed by atoms with Gasteiger partial charge in [0.25, 0.3) is 6.47 Å². The van der Waals surface area contributed by atoms with Crippen LogP contribution in [-0.2, 0) is 30.4 Å². The minimum absolute atomic E-state index is 0.129. The summed E-state index contributed by atoms with van der Waals surface area (Å²) in [7, 11) is 0. The predicted octanol–water partition coefficient (Wildman–Crippen LogP) is 3.75. The largest absolute Gasteiger partial charge is 0.430 e. The van der Waals surface area contributed by atoms with Gasteiger partial charge in [-0.1, -0.05) is 75.7 Å². The summed E-state index contributed by atoms with van der Waals surface area (Å²) in [5.74, 6) is -0.447. The van der Waals surface area contributed by atoms with Gasteiger partial charge in [0.1, 0.15) is 6.04 Å². The first-order valence-corrected chi connectivity index (χ1v) is 11.9. The van der Waals surface area contributed by atoms with Crippen LogP contribution in [0.15, 0.2) is 48.5 Å². The van der Waals surface area contributed by atoms with Gasteiger partial charge in [-0.25, -0.2) is 4.79 Å². The van der Waals surface area contributed by atoms with E-state index in [0.29, 0.717) is 12.2 Å². The molecule has 0 bridgehead atoms. The van der Waals surface area contributed by atoms with Gasteiger partial charge in [0, 0.05) is 18.5 Å². The van der Waals surface area contributed by atoms with E-state index in [0.717, 1.165) is 35.1 Å². The SMILES string of the molecule is CCCCC(=O)N(Cc1ccc(-c2ccccc2-c2nn[nH]n2)cc1)[C@H](C(=O)OCOC=O)C(C)C. The number of nitrogens with zero attached hydrogens (tertiary/aromatic N) is 4. The number of hydrogen-bond donors (Lipinski definition) is 1. The van der Waals surface area contributed by atoms with Crippen LogP contribution in [0.4, 0.5) is 0 Å². The van der Waals surface area contributed by atoms with Gasteiger partial charge in [-0.2, -0.15) is 5.21 Å². The third-order valence-corrected chi connectivity index (χ3v) is 5.74. The first-order chi connectivity index (χ1) is 17.5. The van der Waals surface area contributed by atoms with Crippen molar-refractivity contribution in [3.05, 3.63) is 54.1 Å². The second-order valence-electron chi connectivity index (χ2n) is 8.64. The van der Waals surface area contributed by atoms with Gasteiger partial charge in [-0.15, -0.1) is 10.2 Å². The van der Waals surface area contributed by atoms with Crippen molar-refractivity contribution in [2.45, 2.75) is 52.6 Å². The van der Waals surface area contributed by atoms with Crippen molar-refractivity contribution >= 4 is 18.3 Å². The molecule has 0 aliphatic heterocycles. The van der Waals surface area contributed by atoms with E-state index in [1.54, 1.807) is 4.90 Å². The van der Waals surface area contributed by atoms with Gasteiger partial charge in [0.05, 0.1) is 0 Å². The van der Waals surface area contributed by atoms with Crippen LogP contribution >= 0.6 is 0 Å². The van der Waals surface area contributed by atoms with Crippen molar-refractivity contribution in [3.8, 4) is 22.5 Å². The maximum Gasteiger partial charge on any atom is 0.332 e. The number of carbonyl (C=O) groups excluding carboxylic acids is 3. The number of aromatic nitrogens is 4. The normalized spacial score (nSPS) is 11.7. The molecule has 1 N–H and O–H groups in total. The molecular formula is C26H31N5O5. The van der Waals surface area contributed by atoms with Crippen molar-refractivity contribution in [2.75, 3.05) is 6.79 Å². The molecule has 190 valence electrons. The van der Waals surface area contributed by atoms with Crippen molar-refractivity contribution in [2.24, 2.45) is 5.92 Å². The molecular weight excluding hydrogens is 462 g/mol. The maximum absolute atomic E-state index is 13.2. The standard InChI is InChI=1S/C26H31N5O5/c1-4-5-10-23(33)31(24(18(2)3)26(34)36-17-35-16-32)15-19-11-13-20(14-12-19)21-8-6-7-9-22(21)25-27-29-30-28-25/h6-9,11-14,16,18,24H,4-5,10,15,17H2,1-3H3,(H,27,28,29,30)/t24-/m0/s1. The summed E-state index contributed by atoms with van der Waals surface area (Å²) >= 11 is 0. The lowest BCUT2D eigenvalue weighted by Gasteiger charge is -2.33. The summed E-state index contributed by atoms with van der Waals surface area (Å²) in [5.41, 5.74) is 3.60. The molecule has 1 atom stereocenters. The van der Waals surface area contributed by atoms with Crippen LogP contribution < -0.4 is 0 Å². The average molecular weight is 494 g/mol. The van der Waals surface area contributed by atoms with Gasteiger partial charge in [0.2, 0.25) is 18.5 Å². The smallest absolute Gasteiger partial charge is 0.332 e. The fourth-order valence-corrected chi connectivity index (χ4v) is 3.97. The number of rotatable bonds is 13. The molecule has 1 amide bonds. The van der Waals surface area contributed by atoms with E-state index in [9.17, 15) is 14.4 Å². The minimum Gasteiger partial charge on any atom is -0.430 e. The highest BCUT2D eigenvalue weighted by molar-refractivity contribution is 5.85. The Kier molecular flexibility index (Phi) is 9.67. The number of H-pyrrole nitrogens is 1. The molecule has 0 fully saturated rings. The fraction of sp³-hybridized carbons (Fsp3) is 0.385. The monoisotopic (exact) mass is 493 g/mol. The molecule has 0 saturated heterocycles. The number of tetrazole rings is 1. The van der Waals surface area contributed by atoms with Crippen molar-refractivity contribution in [3.63, 3.8) is 0 Å². The predicted molar refractivity (Wildman–Crippen MR) is 132 cm³/mol. The number of nitrogens with one attached hydrogen (secondary N) is 1. The number of esters is 1. The van der Waals surface area contributed by atoms with Crippen LogP contribution in [0.2, 0.25) is 0 Å². The molecule has 0 spiro atoms. The van der Waals surface area contributed by atoms with Gasteiger partial charge in [-0.3, -0.25) is 9.59 Å². The molecule has 10 nitrogen and oxygen atoms in total. The van der Waals surface area contributed by atoms with Crippen molar-refractivity contribution in [1.82, 2.24) is 25.5 Å². The second-order valence-corrected chi connectivity index (χ2v) is 8.64. The van der Waals surface area contributed by atoms with E-state index in [2.05, 4.69) is 25.4 Å². The summed E-state index contributed by atoms with van der Waals surface area (Å²) in [4.78, 5) is 38.0. The Bertz CT molecular complexity index is 1130. The van der Waals surface area contributed by atoms with E-state index in [1.165, 1.54) is 0 Å². The van der Waals surface area contributed by atoms with Crippen LogP contribution in [0.5, 0.6) is 0 Å². The number of aromatic amines is 1. The summed E-state index contributed by atoms with van der Waals surface area (Å²) < 4.78 is 9.61. The van der Waals surface area contributed by atoms with Crippen LogP contribution in [0.3, 0.4) is 0 Å². The third kappa shape index (κ3) is 6.74. The van der Waals surface area contributed by atoms with Gasteiger partial charge in [-0.05, 0) is 34.2 Å². The first kappa shape index (κ1) is 26.5. The lowest BCUT2D eigenvalue weighted by molar-refractivity contribution is -0.169. The van der Waals surface area contributed by atoms with Crippen LogP contribution in [0.25, 0.3) is 22.5 Å². The van der Waals surface area contributed by atoms with E-state index >= 15 is 0 Å². The van der Waals surface area contributed by atoms with Gasteiger partial charge in [0.15, 0.2) is 0 Å². The number of amides is 1. The molecule has 3 aromatic rings. The van der Waals surface area contributed by atoms with Gasteiger partial charge >= 0.3 is 5.97 Å². The number of benzene rings is 2. The minimum atomic E-state index is -0.816.